The van der Waals surface area contributed by atoms with Gasteiger partial charge in [0.2, 0.25) is 0 Å². The van der Waals surface area contributed by atoms with Crippen LogP contribution in [0.15, 0.2) is 36.4 Å². The highest BCUT2D eigenvalue weighted by molar-refractivity contribution is 5.74. The molecule has 0 fully saturated rings. The van der Waals surface area contributed by atoms with Gasteiger partial charge in [-0.15, -0.1) is 0 Å². The molecule has 0 aromatic heterocycles. The lowest BCUT2D eigenvalue weighted by Crippen LogP contribution is -2.25. The van der Waals surface area contributed by atoms with E-state index in [0.29, 0.717) is 17.2 Å². The third-order valence-electron chi connectivity index (χ3n) is 4.22. The first-order valence-corrected chi connectivity index (χ1v) is 7.34. The van der Waals surface area contributed by atoms with Crippen LogP contribution in [0.2, 0.25) is 0 Å². The van der Waals surface area contributed by atoms with Crippen LogP contribution in [0.5, 0.6) is 0 Å². The number of halogens is 1. The number of fused-ring (bicyclic) bond motifs is 1. The van der Waals surface area contributed by atoms with Crippen LogP contribution in [-0.4, -0.2) is 11.1 Å². The molecule has 2 nitrogen and oxygen atoms in total. The monoisotopic (exact) mass is 285 g/mol. The van der Waals surface area contributed by atoms with Crippen molar-refractivity contribution in [2.24, 2.45) is 0 Å². The maximum absolute atomic E-state index is 13.9. The largest absolute Gasteiger partial charge is 0.389 e. The maximum Gasteiger partial charge on any atom is 0.126 e. The number of aryl methyl sites for hydroxylation is 1. The Kier molecular flexibility index (Phi) is 3.46. The molecule has 0 aliphatic carbocycles. The van der Waals surface area contributed by atoms with Gasteiger partial charge in [-0.1, -0.05) is 18.2 Å². The summed E-state index contributed by atoms with van der Waals surface area (Å²) in [5.41, 5.74) is 4.59. The summed E-state index contributed by atoms with van der Waals surface area (Å²) in [6.45, 7) is 5.60. The number of aliphatic hydroxyl groups excluding tert-OH is 1. The highest BCUT2D eigenvalue weighted by Crippen LogP contribution is 2.41. The number of benzene rings is 2. The van der Waals surface area contributed by atoms with Crippen LogP contribution in [0.1, 0.15) is 36.6 Å². The van der Waals surface area contributed by atoms with Gasteiger partial charge in [0.15, 0.2) is 0 Å². The van der Waals surface area contributed by atoms with Gasteiger partial charge in [-0.3, -0.25) is 0 Å². The van der Waals surface area contributed by atoms with E-state index in [1.165, 1.54) is 11.6 Å². The van der Waals surface area contributed by atoms with E-state index in [9.17, 15) is 9.50 Å². The Balaban J connectivity index is 2.18. The molecule has 21 heavy (non-hydrogen) atoms. The van der Waals surface area contributed by atoms with Crippen LogP contribution >= 0.6 is 0 Å². The molecular weight excluding hydrogens is 265 g/mol. The zero-order chi connectivity index (χ0) is 15.1. The Morgan fingerprint density at radius 3 is 2.67 bits per heavy atom. The van der Waals surface area contributed by atoms with Crippen molar-refractivity contribution in [3.8, 4) is 0 Å². The summed E-state index contributed by atoms with van der Waals surface area (Å²) >= 11 is 0. The van der Waals surface area contributed by atoms with Crippen molar-refractivity contribution in [2.75, 3.05) is 4.90 Å². The molecule has 3 rings (SSSR count). The number of hydrogen-bond acceptors (Lipinski definition) is 2. The molecule has 1 aliphatic rings. The average molecular weight is 285 g/mol. The summed E-state index contributed by atoms with van der Waals surface area (Å²) in [7, 11) is 0. The van der Waals surface area contributed by atoms with Crippen LogP contribution in [0.4, 0.5) is 15.8 Å². The first-order chi connectivity index (χ1) is 9.99. The van der Waals surface area contributed by atoms with Crippen molar-refractivity contribution >= 4 is 11.4 Å². The summed E-state index contributed by atoms with van der Waals surface area (Å²) < 4.78 is 13.9. The van der Waals surface area contributed by atoms with Gasteiger partial charge < -0.3 is 10.0 Å². The van der Waals surface area contributed by atoms with Crippen molar-refractivity contribution < 1.29 is 9.50 Å². The van der Waals surface area contributed by atoms with Gasteiger partial charge >= 0.3 is 0 Å². The number of para-hydroxylation sites is 1. The van der Waals surface area contributed by atoms with Gasteiger partial charge in [0.05, 0.1) is 6.10 Å². The molecule has 0 bridgehead atoms. The lowest BCUT2D eigenvalue weighted by Gasteiger charge is -2.29. The number of rotatable bonds is 2. The molecule has 2 atom stereocenters. The van der Waals surface area contributed by atoms with Crippen molar-refractivity contribution in [1.29, 1.82) is 0 Å². The van der Waals surface area contributed by atoms with Crippen LogP contribution in [0.25, 0.3) is 0 Å². The van der Waals surface area contributed by atoms with E-state index < -0.39 is 6.10 Å². The summed E-state index contributed by atoms with van der Waals surface area (Å²) in [6.07, 6.45) is 0.265. The molecule has 2 aromatic carbocycles. The number of nitrogens with zero attached hydrogens (tertiary/aromatic N) is 1. The second-order valence-electron chi connectivity index (χ2n) is 5.89. The molecule has 0 saturated carbocycles. The summed E-state index contributed by atoms with van der Waals surface area (Å²) in [6, 6.07) is 11.9. The fourth-order valence-corrected chi connectivity index (χ4v) is 3.16. The van der Waals surface area contributed by atoms with E-state index in [0.717, 1.165) is 17.8 Å². The molecule has 1 aliphatic heterocycles. The fourth-order valence-electron chi connectivity index (χ4n) is 3.16. The van der Waals surface area contributed by atoms with Crippen LogP contribution < -0.4 is 4.90 Å². The third kappa shape index (κ3) is 2.32. The molecule has 1 heterocycles. The van der Waals surface area contributed by atoms with Gasteiger partial charge in [0, 0.05) is 23.0 Å². The molecule has 1 unspecified atom stereocenters. The Hall–Kier alpha value is -1.87. The number of aliphatic hydroxyl groups is 1. The fraction of sp³-hybridized carbons (Fsp3) is 0.333. The molecule has 2 aromatic rings. The average Bonchev–Trinajstić information content (AvgIpc) is 2.77. The molecule has 3 heteroatoms. The minimum Gasteiger partial charge on any atom is -0.389 e. The summed E-state index contributed by atoms with van der Waals surface area (Å²) in [4.78, 5) is 2.21. The van der Waals surface area contributed by atoms with Gasteiger partial charge in [0.1, 0.15) is 5.82 Å². The van der Waals surface area contributed by atoms with Crippen molar-refractivity contribution in [2.45, 2.75) is 39.3 Å². The van der Waals surface area contributed by atoms with E-state index >= 15 is 0 Å². The van der Waals surface area contributed by atoms with Gasteiger partial charge in [-0.2, -0.15) is 0 Å². The van der Waals surface area contributed by atoms with Gasteiger partial charge in [-0.25, -0.2) is 4.39 Å². The van der Waals surface area contributed by atoms with Crippen molar-refractivity contribution in [1.82, 2.24) is 0 Å². The van der Waals surface area contributed by atoms with Gasteiger partial charge in [0.25, 0.3) is 0 Å². The molecule has 0 amide bonds. The molecule has 110 valence electrons. The van der Waals surface area contributed by atoms with Gasteiger partial charge in [-0.05, 0) is 56.5 Å². The second kappa shape index (κ2) is 5.15. The first-order valence-electron chi connectivity index (χ1n) is 7.34. The van der Waals surface area contributed by atoms with E-state index in [-0.39, 0.29) is 5.82 Å². The van der Waals surface area contributed by atoms with Crippen LogP contribution in [0, 0.1) is 12.7 Å². The molecule has 0 radical (unpaired) electrons. The second-order valence-corrected chi connectivity index (χ2v) is 5.89. The summed E-state index contributed by atoms with van der Waals surface area (Å²) in [5.74, 6) is -0.269. The number of hydrogen-bond donors (Lipinski definition) is 1. The predicted molar refractivity (Wildman–Crippen MR) is 83.5 cm³/mol. The summed E-state index contributed by atoms with van der Waals surface area (Å²) in [5, 5.41) is 10.0. The Morgan fingerprint density at radius 2 is 1.95 bits per heavy atom. The number of anilines is 2. The van der Waals surface area contributed by atoms with Crippen LogP contribution in [-0.2, 0) is 6.42 Å². The zero-order valence-electron chi connectivity index (χ0n) is 12.6. The minimum atomic E-state index is -0.699. The van der Waals surface area contributed by atoms with Crippen molar-refractivity contribution in [3.63, 3.8) is 0 Å². The zero-order valence-corrected chi connectivity index (χ0v) is 12.6. The highest BCUT2D eigenvalue weighted by atomic mass is 19.1. The maximum atomic E-state index is 13.9. The lowest BCUT2D eigenvalue weighted by molar-refractivity contribution is 0.199. The van der Waals surface area contributed by atoms with Crippen LogP contribution in [0.3, 0.4) is 0 Å². The third-order valence-corrected chi connectivity index (χ3v) is 4.22. The first kappa shape index (κ1) is 14.1. The Labute approximate surface area is 124 Å². The van der Waals surface area contributed by atoms with Crippen molar-refractivity contribution in [3.05, 3.63) is 58.9 Å². The quantitative estimate of drug-likeness (QED) is 0.890. The smallest absolute Gasteiger partial charge is 0.126 e. The van der Waals surface area contributed by atoms with E-state index in [4.69, 9.17) is 0 Å². The molecular formula is C18H20FNO. The molecule has 0 spiro atoms. The van der Waals surface area contributed by atoms with E-state index in [2.05, 4.69) is 24.0 Å². The highest BCUT2D eigenvalue weighted by Gasteiger charge is 2.29. The predicted octanol–water partition coefficient (Wildman–Crippen LogP) is 4.27. The normalized spacial score (nSPS) is 18.7. The Morgan fingerprint density at radius 1 is 1.24 bits per heavy atom. The Bertz CT molecular complexity index is 681. The van der Waals surface area contributed by atoms with E-state index in [1.807, 2.05) is 18.2 Å². The SMILES string of the molecule is Cc1cc(N2c3ccccc3CC2C)c([C@@H](C)O)cc1F. The molecule has 0 saturated heterocycles. The van der Waals surface area contributed by atoms with E-state index in [1.54, 1.807) is 13.8 Å². The standard InChI is InChI=1S/C18H20FNO/c1-11-8-18(15(13(3)21)10-16(11)19)20-12(2)9-14-6-4-5-7-17(14)20/h4-8,10,12-13,21H,9H2,1-3H3/t12?,13-/m1/s1. The molecule has 1 N–H and O–H groups in total. The topological polar surface area (TPSA) is 23.5 Å². The lowest BCUT2D eigenvalue weighted by atomic mass is 10.0. The minimum absolute atomic E-state index is 0.269.